The van der Waals surface area contributed by atoms with E-state index < -0.39 is 5.82 Å². The molecule has 2 rings (SSSR count). The van der Waals surface area contributed by atoms with E-state index in [2.05, 4.69) is 0 Å². The number of benzene rings is 1. The van der Waals surface area contributed by atoms with Crippen LogP contribution in [0.2, 0.25) is 0 Å². The molecule has 0 aromatic heterocycles. The predicted octanol–water partition coefficient (Wildman–Crippen LogP) is 6.40. The Balaban J connectivity index is 1.71. The van der Waals surface area contributed by atoms with E-state index in [0.717, 1.165) is 37.2 Å². The van der Waals surface area contributed by atoms with Gasteiger partial charge in [0.05, 0.1) is 11.9 Å². The number of allylic oxidation sites excluding steroid dienone is 1. The Kier molecular flexibility index (Phi) is 7.26. The maximum atomic E-state index is 13.7. The third-order valence-corrected chi connectivity index (χ3v) is 5.00. The summed E-state index contributed by atoms with van der Waals surface area (Å²) in [6, 6.07) is 6.92. The van der Waals surface area contributed by atoms with Crippen molar-refractivity contribution in [3.63, 3.8) is 0 Å². The monoisotopic (exact) mass is 317 g/mol. The predicted molar refractivity (Wildman–Crippen MR) is 89.1 cm³/mol. The van der Waals surface area contributed by atoms with Crippen LogP contribution in [0.3, 0.4) is 0 Å². The molecule has 0 bridgehead atoms. The van der Waals surface area contributed by atoms with E-state index in [1.54, 1.807) is 18.2 Å². The summed E-state index contributed by atoms with van der Waals surface area (Å²) in [5, 5.41) is 8.79. The van der Waals surface area contributed by atoms with Crippen molar-refractivity contribution in [2.45, 2.75) is 63.7 Å². The Morgan fingerprint density at radius 1 is 1.13 bits per heavy atom. The summed E-state index contributed by atoms with van der Waals surface area (Å²) < 4.78 is 25.5. The van der Waals surface area contributed by atoms with Crippen LogP contribution in [-0.4, -0.2) is 0 Å². The molecule has 1 aromatic carbocycles. The first-order valence-corrected chi connectivity index (χ1v) is 8.69. The molecule has 0 radical (unpaired) electrons. The van der Waals surface area contributed by atoms with Crippen molar-refractivity contribution in [1.29, 1.82) is 5.26 Å². The average molecular weight is 317 g/mol. The SMILES string of the molecule is N#Cc1ccc([C@H]2CC[C@H](CCCCC/C=C/F)CC2)cc1F. The van der Waals surface area contributed by atoms with Crippen LogP contribution < -0.4 is 0 Å². The molecule has 0 N–H and O–H groups in total. The molecule has 3 heteroatoms. The van der Waals surface area contributed by atoms with Gasteiger partial charge in [0, 0.05) is 0 Å². The van der Waals surface area contributed by atoms with Crippen molar-refractivity contribution in [2.24, 2.45) is 5.92 Å². The number of rotatable bonds is 7. The maximum Gasteiger partial charge on any atom is 0.141 e. The van der Waals surface area contributed by atoms with Crippen LogP contribution in [0.5, 0.6) is 0 Å². The van der Waals surface area contributed by atoms with E-state index >= 15 is 0 Å². The molecule has 1 aliphatic carbocycles. The van der Waals surface area contributed by atoms with Crippen LogP contribution in [0, 0.1) is 23.1 Å². The lowest BCUT2D eigenvalue weighted by molar-refractivity contribution is 0.302. The molecule has 1 aliphatic rings. The first kappa shape index (κ1) is 17.7. The summed E-state index contributed by atoms with van der Waals surface area (Å²) in [6.07, 6.45) is 12.4. The summed E-state index contributed by atoms with van der Waals surface area (Å²) in [6.45, 7) is 0. The molecule has 0 saturated heterocycles. The van der Waals surface area contributed by atoms with Gasteiger partial charge < -0.3 is 0 Å². The van der Waals surface area contributed by atoms with Crippen LogP contribution in [0.1, 0.15) is 74.8 Å². The molecule has 0 spiro atoms. The van der Waals surface area contributed by atoms with Gasteiger partial charge in [0.25, 0.3) is 0 Å². The molecule has 0 amide bonds. The minimum atomic E-state index is -0.394. The van der Waals surface area contributed by atoms with E-state index in [-0.39, 0.29) is 5.56 Å². The lowest BCUT2D eigenvalue weighted by Gasteiger charge is -2.29. The van der Waals surface area contributed by atoms with Crippen molar-refractivity contribution in [3.05, 3.63) is 47.5 Å². The molecule has 1 nitrogen and oxygen atoms in total. The number of halogens is 2. The summed E-state index contributed by atoms with van der Waals surface area (Å²) >= 11 is 0. The van der Waals surface area contributed by atoms with E-state index in [0.29, 0.717) is 12.2 Å². The second kappa shape index (κ2) is 9.45. The summed E-state index contributed by atoms with van der Waals surface area (Å²) in [5.74, 6) is 0.823. The van der Waals surface area contributed by atoms with Gasteiger partial charge in [0.1, 0.15) is 11.9 Å². The van der Waals surface area contributed by atoms with E-state index in [4.69, 9.17) is 5.26 Å². The Morgan fingerprint density at radius 2 is 1.91 bits per heavy atom. The highest BCUT2D eigenvalue weighted by Crippen LogP contribution is 2.38. The molecule has 23 heavy (non-hydrogen) atoms. The van der Waals surface area contributed by atoms with E-state index in [1.807, 2.05) is 12.1 Å². The molecule has 1 fully saturated rings. The van der Waals surface area contributed by atoms with Gasteiger partial charge in [0.15, 0.2) is 0 Å². The van der Waals surface area contributed by atoms with Crippen molar-refractivity contribution in [1.82, 2.24) is 0 Å². The normalized spacial score (nSPS) is 21.4. The van der Waals surface area contributed by atoms with Crippen molar-refractivity contribution in [2.75, 3.05) is 0 Å². The molecule has 1 saturated carbocycles. The Hall–Kier alpha value is -1.69. The number of hydrogen-bond acceptors (Lipinski definition) is 1. The minimum Gasteiger partial charge on any atom is -0.216 e. The van der Waals surface area contributed by atoms with Gasteiger partial charge in [-0.15, -0.1) is 0 Å². The fraction of sp³-hybridized carbons (Fsp3) is 0.550. The molecule has 0 atom stereocenters. The number of hydrogen-bond donors (Lipinski definition) is 0. The fourth-order valence-corrected chi connectivity index (χ4v) is 3.60. The van der Waals surface area contributed by atoms with Crippen molar-refractivity contribution >= 4 is 0 Å². The highest BCUT2D eigenvalue weighted by molar-refractivity contribution is 5.34. The zero-order valence-electron chi connectivity index (χ0n) is 13.6. The summed E-state index contributed by atoms with van der Waals surface area (Å²) in [4.78, 5) is 0. The average Bonchev–Trinajstić information content (AvgIpc) is 2.58. The Labute approximate surface area is 138 Å². The number of unbranched alkanes of at least 4 members (excludes halogenated alkanes) is 3. The zero-order chi connectivity index (χ0) is 16.5. The topological polar surface area (TPSA) is 23.8 Å². The van der Waals surface area contributed by atoms with Crippen LogP contribution in [0.4, 0.5) is 8.78 Å². The second-order valence-corrected chi connectivity index (χ2v) is 6.57. The molecular formula is C20H25F2N. The highest BCUT2D eigenvalue weighted by atomic mass is 19.1. The van der Waals surface area contributed by atoms with Gasteiger partial charge in [-0.1, -0.05) is 31.4 Å². The number of nitriles is 1. The van der Waals surface area contributed by atoms with Gasteiger partial charge in [-0.3, -0.25) is 0 Å². The first-order chi connectivity index (χ1) is 11.2. The summed E-state index contributed by atoms with van der Waals surface area (Å²) in [5.41, 5.74) is 1.17. The maximum absolute atomic E-state index is 13.7. The first-order valence-electron chi connectivity index (χ1n) is 8.69. The molecule has 0 heterocycles. The van der Waals surface area contributed by atoms with Crippen molar-refractivity contribution < 1.29 is 8.78 Å². The smallest absolute Gasteiger partial charge is 0.141 e. The Bertz CT molecular complexity index is 551. The quantitative estimate of drug-likeness (QED) is 0.533. The van der Waals surface area contributed by atoms with E-state index in [9.17, 15) is 8.78 Å². The van der Waals surface area contributed by atoms with Gasteiger partial charge >= 0.3 is 0 Å². The largest absolute Gasteiger partial charge is 0.216 e. The van der Waals surface area contributed by atoms with Crippen molar-refractivity contribution in [3.8, 4) is 6.07 Å². The molecule has 0 aliphatic heterocycles. The van der Waals surface area contributed by atoms with Crippen LogP contribution in [0.15, 0.2) is 30.6 Å². The number of nitrogens with zero attached hydrogens (tertiary/aromatic N) is 1. The lowest BCUT2D eigenvalue weighted by Crippen LogP contribution is -2.13. The van der Waals surface area contributed by atoms with Gasteiger partial charge in [0.2, 0.25) is 0 Å². The standard InChI is InChI=1S/C20H25F2N/c21-13-5-3-1-2-4-6-16-7-9-17(10-8-16)18-11-12-19(15-23)20(22)14-18/h5,11-14,16-17H,1-4,6-10H2/b13-5+/t16-,17-. The Morgan fingerprint density at radius 3 is 2.57 bits per heavy atom. The fourth-order valence-electron chi connectivity index (χ4n) is 3.60. The van der Waals surface area contributed by atoms with Gasteiger partial charge in [-0.2, -0.15) is 5.26 Å². The van der Waals surface area contributed by atoms with Crippen LogP contribution in [0.25, 0.3) is 0 Å². The van der Waals surface area contributed by atoms with Crippen LogP contribution >= 0.6 is 0 Å². The van der Waals surface area contributed by atoms with Gasteiger partial charge in [-0.05, 0) is 68.1 Å². The van der Waals surface area contributed by atoms with E-state index in [1.165, 1.54) is 32.1 Å². The molecule has 124 valence electrons. The summed E-state index contributed by atoms with van der Waals surface area (Å²) in [7, 11) is 0. The zero-order valence-corrected chi connectivity index (χ0v) is 13.6. The third-order valence-electron chi connectivity index (χ3n) is 5.00. The van der Waals surface area contributed by atoms with Crippen LogP contribution in [-0.2, 0) is 0 Å². The van der Waals surface area contributed by atoms with Gasteiger partial charge in [-0.25, -0.2) is 8.78 Å². The molecule has 1 aromatic rings. The molecular weight excluding hydrogens is 292 g/mol. The molecule has 0 unspecified atom stereocenters. The minimum absolute atomic E-state index is 0.130. The second-order valence-electron chi connectivity index (χ2n) is 6.57. The third kappa shape index (κ3) is 5.46. The lowest BCUT2D eigenvalue weighted by atomic mass is 9.77. The highest BCUT2D eigenvalue weighted by Gasteiger charge is 2.22.